The van der Waals surface area contributed by atoms with Gasteiger partial charge in [0.25, 0.3) is 0 Å². The van der Waals surface area contributed by atoms with E-state index in [1.54, 1.807) is 18.3 Å². The van der Waals surface area contributed by atoms with E-state index in [4.69, 9.17) is 0 Å². The van der Waals surface area contributed by atoms with E-state index in [1.165, 1.54) is 12.1 Å². The van der Waals surface area contributed by atoms with Crippen LogP contribution in [-0.2, 0) is 0 Å². The van der Waals surface area contributed by atoms with Crippen molar-refractivity contribution in [3.8, 4) is 0 Å². The minimum Gasteiger partial charge on any atom is -0.256 e. The lowest BCUT2D eigenvalue weighted by Crippen LogP contribution is -1.79. The van der Waals surface area contributed by atoms with Crippen molar-refractivity contribution in [1.82, 2.24) is 0 Å². The lowest BCUT2D eigenvalue weighted by Gasteiger charge is -1.94. The second kappa shape index (κ2) is 5.03. The molecule has 80 valence electrons. The first kappa shape index (κ1) is 11.0. The molecule has 0 aliphatic carbocycles. The molecule has 3 heteroatoms. The molecule has 0 heterocycles. The predicted octanol–water partition coefficient (Wildman–Crippen LogP) is 4.34. The van der Waals surface area contributed by atoms with Crippen molar-refractivity contribution < 1.29 is 4.39 Å². The van der Waals surface area contributed by atoms with Crippen molar-refractivity contribution in [2.75, 3.05) is 0 Å². The molecule has 0 amide bonds. The molecule has 0 atom stereocenters. The summed E-state index contributed by atoms with van der Waals surface area (Å²) in [5.74, 6) is -0.248. The maximum atomic E-state index is 12.6. The normalized spacial score (nSPS) is 10.9. The summed E-state index contributed by atoms with van der Waals surface area (Å²) in [4.78, 5) is 4.24. The summed E-state index contributed by atoms with van der Waals surface area (Å²) in [5, 5.41) is 0. The van der Waals surface area contributed by atoms with Crippen molar-refractivity contribution in [2.24, 2.45) is 4.99 Å². The summed E-state index contributed by atoms with van der Waals surface area (Å²) in [7, 11) is 0. The first-order chi connectivity index (χ1) is 7.74. The zero-order chi connectivity index (χ0) is 11.4. The molecule has 2 aromatic rings. The summed E-state index contributed by atoms with van der Waals surface area (Å²) in [6.07, 6.45) is 1.75. The Morgan fingerprint density at radius 3 is 2.19 bits per heavy atom. The topological polar surface area (TPSA) is 12.4 Å². The molecule has 0 radical (unpaired) electrons. The number of nitrogens with zero attached hydrogens (tertiary/aromatic N) is 1. The second-order valence-corrected chi connectivity index (χ2v) is 4.20. The van der Waals surface area contributed by atoms with Crippen LogP contribution in [-0.4, -0.2) is 6.21 Å². The van der Waals surface area contributed by atoms with Crippen LogP contribution >= 0.6 is 15.9 Å². The van der Waals surface area contributed by atoms with Crippen LogP contribution in [0.2, 0.25) is 0 Å². The summed E-state index contributed by atoms with van der Waals surface area (Å²) in [5.41, 5.74) is 1.75. The van der Waals surface area contributed by atoms with Crippen LogP contribution in [0, 0.1) is 5.82 Å². The van der Waals surface area contributed by atoms with Crippen molar-refractivity contribution in [3.05, 3.63) is 64.4 Å². The molecule has 0 bridgehead atoms. The first-order valence-corrected chi connectivity index (χ1v) is 5.58. The lowest BCUT2D eigenvalue weighted by molar-refractivity contribution is 0.628. The van der Waals surface area contributed by atoms with E-state index >= 15 is 0 Å². The van der Waals surface area contributed by atoms with E-state index in [0.717, 1.165) is 15.7 Å². The van der Waals surface area contributed by atoms with Gasteiger partial charge in [-0.3, -0.25) is 4.99 Å². The van der Waals surface area contributed by atoms with Gasteiger partial charge in [-0.05, 0) is 42.0 Å². The molecule has 16 heavy (non-hydrogen) atoms. The van der Waals surface area contributed by atoms with Gasteiger partial charge in [0, 0.05) is 10.7 Å². The van der Waals surface area contributed by atoms with E-state index in [1.807, 2.05) is 24.3 Å². The molecule has 0 aliphatic heterocycles. The highest BCUT2D eigenvalue weighted by Gasteiger charge is 1.91. The fourth-order valence-electron chi connectivity index (χ4n) is 1.23. The minimum atomic E-state index is -0.248. The number of aliphatic imine (C=N–C) groups is 1. The Bertz CT molecular complexity index is 441. The lowest BCUT2D eigenvalue weighted by atomic mass is 10.2. The van der Waals surface area contributed by atoms with Gasteiger partial charge in [0.15, 0.2) is 0 Å². The van der Waals surface area contributed by atoms with Crippen LogP contribution in [0.25, 0.3) is 0 Å². The molecule has 0 saturated heterocycles. The Hall–Kier alpha value is -1.48. The van der Waals surface area contributed by atoms with Gasteiger partial charge in [-0.2, -0.15) is 0 Å². The number of halogens is 2. The van der Waals surface area contributed by atoms with Crippen molar-refractivity contribution >= 4 is 27.8 Å². The molecular weight excluding hydrogens is 269 g/mol. The van der Waals surface area contributed by atoms with Crippen LogP contribution in [0.5, 0.6) is 0 Å². The number of hydrogen-bond donors (Lipinski definition) is 0. The fraction of sp³-hybridized carbons (Fsp3) is 0. The summed E-state index contributed by atoms with van der Waals surface area (Å²) < 4.78 is 13.7. The Balaban J connectivity index is 2.15. The molecule has 0 saturated carbocycles. The van der Waals surface area contributed by atoms with E-state index in [2.05, 4.69) is 20.9 Å². The molecule has 0 fully saturated rings. The number of rotatable bonds is 2. The molecule has 0 spiro atoms. The highest BCUT2D eigenvalue weighted by Crippen LogP contribution is 2.13. The van der Waals surface area contributed by atoms with E-state index in [0.29, 0.717) is 0 Å². The highest BCUT2D eigenvalue weighted by atomic mass is 79.9. The summed E-state index contributed by atoms with van der Waals surface area (Å²) in [6, 6.07) is 13.9. The van der Waals surface area contributed by atoms with Crippen LogP contribution in [0.1, 0.15) is 5.56 Å². The standard InChI is InChI=1S/C13H9BrFN/c14-11-3-1-10(2-4-11)9-16-13-7-5-12(15)6-8-13/h1-9H. The Morgan fingerprint density at radius 2 is 1.56 bits per heavy atom. The molecule has 0 aromatic heterocycles. The zero-order valence-electron chi connectivity index (χ0n) is 8.40. The molecule has 0 aliphatic rings. The van der Waals surface area contributed by atoms with Crippen molar-refractivity contribution in [3.63, 3.8) is 0 Å². The third kappa shape index (κ3) is 3.00. The fourth-order valence-corrected chi connectivity index (χ4v) is 1.49. The molecule has 0 N–H and O–H groups in total. The van der Waals surface area contributed by atoms with Gasteiger partial charge in [-0.1, -0.05) is 28.1 Å². The van der Waals surface area contributed by atoms with Gasteiger partial charge in [0.05, 0.1) is 5.69 Å². The quantitative estimate of drug-likeness (QED) is 0.725. The second-order valence-electron chi connectivity index (χ2n) is 3.29. The van der Waals surface area contributed by atoms with Gasteiger partial charge < -0.3 is 0 Å². The SMILES string of the molecule is Fc1ccc(N=Cc2ccc(Br)cc2)cc1. The smallest absolute Gasteiger partial charge is 0.123 e. The van der Waals surface area contributed by atoms with Gasteiger partial charge in [0.2, 0.25) is 0 Å². The molecule has 2 rings (SSSR count). The summed E-state index contributed by atoms with van der Waals surface area (Å²) in [6.45, 7) is 0. The average Bonchev–Trinajstić information content (AvgIpc) is 2.30. The van der Waals surface area contributed by atoms with Crippen molar-refractivity contribution in [1.29, 1.82) is 0 Å². The summed E-state index contributed by atoms with van der Waals surface area (Å²) >= 11 is 3.36. The van der Waals surface area contributed by atoms with E-state index < -0.39 is 0 Å². The molecule has 1 nitrogen and oxygen atoms in total. The molecule has 2 aromatic carbocycles. The van der Waals surface area contributed by atoms with Crippen LogP contribution < -0.4 is 0 Å². The van der Waals surface area contributed by atoms with Crippen LogP contribution in [0.4, 0.5) is 10.1 Å². The van der Waals surface area contributed by atoms with Crippen LogP contribution in [0.3, 0.4) is 0 Å². The maximum Gasteiger partial charge on any atom is 0.123 e. The number of hydrogen-bond acceptors (Lipinski definition) is 1. The van der Waals surface area contributed by atoms with Crippen molar-refractivity contribution in [2.45, 2.75) is 0 Å². The van der Waals surface area contributed by atoms with Gasteiger partial charge in [0.1, 0.15) is 5.82 Å². The monoisotopic (exact) mass is 277 g/mol. The third-order valence-electron chi connectivity index (χ3n) is 2.06. The molecular formula is C13H9BrFN. The number of benzene rings is 2. The Morgan fingerprint density at radius 1 is 0.938 bits per heavy atom. The van der Waals surface area contributed by atoms with Gasteiger partial charge in [-0.15, -0.1) is 0 Å². The predicted molar refractivity (Wildman–Crippen MR) is 67.8 cm³/mol. The highest BCUT2D eigenvalue weighted by molar-refractivity contribution is 9.10. The Kier molecular flexibility index (Phi) is 3.47. The van der Waals surface area contributed by atoms with Gasteiger partial charge in [-0.25, -0.2) is 4.39 Å². The first-order valence-electron chi connectivity index (χ1n) is 4.79. The molecule has 0 unspecified atom stereocenters. The van der Waals surface area contributed by atoms with E-state index in [9.17, 15) is 4.39 Å². The maximum absolute atomic E-state index is 12.6. The van der Waals surface area contributed by atoms with E-state index in [-0.39, 0.29) is 5.82 Å². The minimum absolute atomic E-state index is 0.248. The van der Waals surface area contributed by atoms with Gasteiger partial charge >= 0.3 is 0 Å². The third-order valence-corrected chi connectivity index (χ3v) is 2.59. The Labute approximate surface area is 102 Å². The largest absolute Gasteiger partial charge is 0.256 e. The average molecular weight is 278 g/mol. The zero-order valence-corrected chi connectivity index (χ0v) is 9.99. The van der Waals surface area contributed by atoms with Crippen LogP contribution in [0.15, 0.2) is 58.0 Å².